The lowest BCUT2D eigenvalue weighted by atomic mass is 10.2. The maximum Gasteiger partial charge on any atom is 0.123 e. The molecule has 2 rings (SSSR count). The molecule has 3 nitrogen and oxygen atoms in total. The topological polar surface area (TPSA) is 28.4 Å². The van der Waals surface area contributed by atoms with Crippen LogP contribution in [-0.4, -0.2) is 13.6 Å². The second kappa shape index (κ2) is 6.78. The van der Waals surface area contributed by atoms with Gasteiger partial charge in [-0.15, -0.1) is 0 Å². The van der Waals surface area contributed by atoms with E-state index in [4.69, 9.17) is 4.42 Å². The van der Waals surface area contributed by atoms with E-state index in [-0.39, 0.29) is 0 Å². The van der Waals surface area contributed by atoms with Crippen LogP contribution < -0.4 is 10.2 Å². The van der Waals surface area contributed by atoms with Gasteiger partial charge in [-0.2, -0.15) is 0 Å². The highest BCUT2D eigenvalue weighted by Gasteiger charge is 2.07. The first-order valence-electron chi connectivity index (χ1n) is 6.43. The van der Waals surface area contributed by atoms with Gasteiger partial charge in [-0.25, -0.2) is 0 Å². The van der Waals surface area contributed by atoms with Gasteiger partial charge in [0.1, 0.15) is 5.76 Å². The van der Waals surface area contributed by atoms with E-state index in [2.05, 4.69) is 58.3 Å². The van der Waals surface area contributed by atoms with E-state index in [9.17, 15) is 0 Å². The molecule has 0 spiro atoms. The number of furan rings is 1. The van der Waals surface area contributed by atoms with Gasteiger partial charge in [0.05, 0.1) is 12.8 Å². The van der Waals surface area contributed by atoms with E-state index in [0.29, 0.717) is 0 Å². The number of nitrogens with zero attached hydrogens (tertiary/aromatic N) is 1. The van der Waals surface area contributed by atoms with Crippen LogP contribution in [-0.2, 0) is 13.1 Å². The molecule has 1 aromatic heterocycles. The molecule has 0 amide bonds. The zero-order chi connectivity index (χ0) is 13.7. The van der Waals surface area contributed by atoms with Crippen molar-refractivity contribution in [1.82, 2.24) is 5.32 Å². The molecule has 0 aliphatic carbocycles. The monoisotopic (exact) mass is 322 g/mol. The Morgan fingerprint density at radius 1 is 1.32 bits per heavy atom. The van der Waals surface area contributed by atoms with Crippen molar-refractivity contribution in [3.63, 3.8) is 0 Å². The second-order valence-electron chi connectivity index (χ2n) is 4.49. The van der Waals surface area contributed by atoms with Gasteiger partial charge in [0.2, 0.25) is 0 Å². The summed E-state index contributed by atoms with van der Waals surface area (Å²) in [5.74, 6) is 0.968. The van der Waals surface area contributed by atoms with Crippen LogP contribution in [0.4, 0.5) is 5.69 Å². The average molecular weight is 323 g/mol. The molecule has 102 valence electrons. The third-order valence-corrected chi connectivity index (χ3v) is 3.75. The summed E-state index contributed by atoms with van der Waals surface area (Å²) in [4.78, 5) is 2.17. The Labute approximate surface area is 122 Å². The van der Waals surface area contributed by atoms with Crippen molar-refractivity contribution in [2.75, 3.05) is 18.5 Å². The molecule has 4 heteroatoms. The van der Waals surface area contributed by atoms with Crippen LogP contribution in [0.3, 0.4) is 0 Å². The standard InChI is InChI=1S/C15H19BrN2O/c1-3-17-10-12-6-7-13(9-15(12)16)18(2)11-14-5-4-8-19-14/h4-9,17H,3,10-11H2,1-2H3. The minimum absolute atomic E-state index is 0.770. The van der Waals surface area contributed by atoms with Crippen molar-refractivity contribution in [3.05, 3.63) is 52.4 Å². The van der Waals surface area contributed by atoms with E-state index in [0.717, 1.165) is 29.9 Å². The molecule has 2 aromatic rings. The summed E-state index contributed by atoms with van der Waals surface area (Å²) >= 11 is 3.63. The van der Waals surface area contributed by atoms with Crippen LogP contribution in [0, 0.1) is 0 Å². The highest BCUT2D eigenvalue weighted by molar-refractivity contribution is 9.10. The minimum Gasteiger partial charge on any atom is -0.467 e. The van der Waals surface area contributed by atoms with Crippen molar-refractivity contribution in [2.24, 2.45) is 0 Å². The van der Waals surface area contributed by atoms with Crippen molar-refractivity contribution in [1.29, 1.82) is 0 Å². The lowest BCUT2D eigenvalue weighted by molar-refractivity contribution is 0.507. The summed E-state index contributed by atoms with van der Waals surface area (Å²) in [6.07, 6.45) is 1.71. The van der Waals surface area contributed by atoms with Crippen molar-refractivity contribution < 1.29 is 4.42 Å². The number of anilines is 1. The third kappa shape index (κ3) is 3.85. The van der Waals surface area contributed by atoms with E-state index >= 15 is 0 Å². The van der Waals surface area contributed by atoms with Gasteiger partial charge in [0.25, 0.3) is 0 Å². The minimum atomic E-state index is 0.770. The van der Waals surface area contributed by atoms with E-state index in [1.807, 2.05) is 12.1 Å². The first kappa shape index (κ1) is 14.2. The van der Waals surface area contributed by atoms with Crippen LogP contribution in [0.15, 0.2) is 45.5 Å². The molecule has 0 fully saturated rings. The first-order valence-corrected chi connectivity index (χ1v) is 7.22. The van der Waals surface area contributed by atoms with Crippen LogP contribution in [0.2, 0.25) is 0 Å². The first-order chi connectivity index (χ1) is 9.20. The molecular formula is C15H19BrN2O. The summed E-state index contributed by atoms with van der Waals surface area (Å²) in [5, 5.41) is 3.33. The smallest absolute Gasteiger partial charge is 0.123 e. The second-order valence-corrected chi connectivity index (χ2v) is 5.35. The Morgan fingerprint density at radius 2 is 2.16 bits per heavy atom. The molecule has 0 radical (unpaired) electrons. The fourth-order valence-electron chi connectivity index (χ4n) is 1.90. The predicted octanol–water partition coefficient (Wildman–Crippen LogP) is 3.79. The Morgan fingerprint density at radius 3 is 2.79 bits per heavy atom. The quantitative estimate of drug-likeness (QED) is 0.877. The van der Waals surface area contributed by atoms with Crippen molar-refractivity contribution >= 4 is 21.6 Å². The number of nitrogens with one attached hydrogen (secondary N) is 1. The zero-order valence-corrected chi connectivity index (χ0v) is 12.9. The van der Waals surface area contributed by atoms with Crippen molar-refractivity contribution in [2.45, 2.75) is 20.0 Å². The number of rotatable bonds is 6. The highest BCUT2D eigenvalue weighted by Crippen LogP contribution is 2.24. The van der Waals surface area contributed by atoms with Gasteiger partial charge < -0.3 is 14.6 Å². The van der Waals surface area contributed by atoms with Gasteiger partial charge in [-0.1, -0.05) is 28.9 Å². The number of halogens is 1. The molecule has 0 unspecified atom stereocenters. The maximum absolute atomic E-state index is 5.37. The van der Waals surface area contributed by atoms with Gasteiger partial charge in [-0.05, 0) is 36.4 Å². The molecular weight excluding hydrogens is 304 g/mol. The van der Waals surface area contributed by atoms with E-state index in [1.165, 1.54) is 11.3 Å². The fourth-order valence-corrected chi connectivity index (χ4v) is 2.41. The summed E-state index contributed by atoms with van der Waals surface area (Å²) < 4.78 is 6.51. The van der Waals surface area contributed by atoms with Crippen molar-refractivity contribution in [3.8, 4) is 0 Å². The zero-order valence-electron chi connectivity index (χ0n) is 11.3. The molecule has 0 atom stereocenters. The lowest BCUT2D eigenvalue weighted by Crippen LogP contribution is -2.16. The van der Waals surface area contributed by atoms with Crippen LogP contribution in [0.1, 0.15) is 18.2 Å². The van der Waals surface area contributed by atoms with E-state index < -0.39 is 0 Å². The Kier molecular flexibility index (Phi) is 5.05. The Hall–Kier alpha value is -1.26. The molecule has 0 aliphatic heterocycles. The SMILES string of the molecule is CCNCc1ccc(N(C)Cc2ccco2)cc1Br. The summed E-state index contributed by atoms with van der Waals surface area (Å²) in [5.41, 5.74) is 2.44. The summed E-state index contributed by atoms with van der Waals surface area (Å²) in [7, 11) is 2.06. The summed E-state index contributed by atoms with van der Waals surface area (Å²) in [6, 6.07) is 10.3. The average Bonchev–Trinajstić information content (AvgIpc) is 2.90. The van der Waals surface area contributed by atoms with E-state index in [1.54, 1.807) is 6.26 Å². The van der Waals surface area contributed by atoms with Crippen LogP contribution in [0.5, 0.6) is 0 Å². The fraction of sp³-hybridized carbons (Fsp3) is 0.333. The molecule has 1 aromatic carbocycles. The largest absolute Gasteiger partial charge is 0.467 e. The highest BCUT2D eigenvalue weighted by atomic mass is 79.9. The molecule has 1 N–H and O–H groups in total. The molecule has 0 saturated heterocycles. The van der Waals surface area contributed by atoms with Gasteiger partial charge in [0, 0.05) is 23.8 Å². The number of hydrogen-bond donors (Lipinski definition) is 1. The lowest BCUT2D eigenvalue weighted by Gasteiger charge is -2.19. The van der Waals surface area contributed by atoms with Gasteiger partial charge in [0.15, 0.2) is 0 Å². The predicted molar refractivity (Wildman–Crippen MR) is 82.3 cm³/mol. The normalized spacial score (nSPS) is 10.7. The number of benzene rings is 1. The molecule has 0 bridgehead atoms. The third-order valence-electron chi connectivity index (χ3n) is 3.02. The molecule has 0 aliphatic rings. The molecule has 0 saturated carbocycles. The Bertz CT molecular complexity index is 511. The number of hydrogen-bond acceptors (Lipinski definition) is 3. The van der Waals surface area contributed by atoms with Crippen LogP contribution >= 0.6 is 15.9 Å². The maximum atomic E-state index is 5.37. The Balaban J connectivity index is 2.06. The van der Waals surface area contributed by atoms with Crippen LogP contribution in [0.25, 0.3) is 0 Å². The molecule has 19 heavy (non-hydrogen) atoms. The van der Waals surface area contributed by atoms with Gasteiger partial charge >= 0.3 is 0 Å². The summed E-state index contributed by atoms with van der Waals surface area (Å²) in [6.45, 7) is 4.75. The van der Waals surface area contributed by atoms with Gasteiger partial charge in [-0.3, -0.25) is 0 Å². The molecule has 1 heterocycles.